The highest BCUT2D eigenvalue weighted by Crippen LogP contribution is 2.40. The number of nitrogens with zero attached hydrogens (tertiary/aromatic N) is 1. The maximum absolute atomic E-state index is 2.72. The van der Waals surface area contributed by atoms with Gasteiger partial charge in [-0.2, -0.15) is 0 Å². The lowest BCUT2D eigenvalue weighted by molar-refractivity contribution is -0.0138. The first-order chi connectivity index (χ1) is 7.35. The summed E-state index contributed by atoms with van der Waals surface area (Å²) in [4.78, 5) is 2.72. The first-order valence-corrected chi connectivity index (χ1v) is 7.10. The van der Waals surface area contributed by atoms with Crippen LogP contribution in [0.15, 0.2) is 0 Å². The van der Waals surface area contributed by atoms with E-state index in [1.807, 2.05) is 0 Å². The van der Waals surface area contributed by atoms with E-state index >= 15 is 0 Å². The van der Waals surface area contributed by atoms with Crippen molar-refractivity contribution in [3.8, 4) is 0 Å². The van der Waals surface area contributed by atoms with Crippen LogP contribution in [0.25, 0.3) is 0 Å². The van der Waals surface area contributed by atoms with Crippen LogP contribution in [0, 0.1) is 11.3 Å². The molecule has 17 heavy (non-hydrogen) atoms. The van der Waals surface area contributed by atoms with E-state index in [0.717, 1.165) is 5.92 Å². The van der Waals surface area contributed by atoms with Crippen LogP contribution in [-0.2, 0) is 0 Å². The Morgan fingerprint density at radius 3 is 1.82 bits per heavy atom. The molecule has 1 saturated heterocycles. The van der Waals surface area contributed by atoms with Crippen LogP contribution in [0.5, 0.6) is 0 Å². The summed E-state index contributed by atoms with van der Waals surface area (Å²) in [6.07, 6.45) is 5.43. The van der Waals surface area contributed by atoms with Crippen LogP contribution in [-0.4, -0.2) is 23.5 Å². The van der Waals surface area contributed by atoms with Crippen LogP contribution in [0.2, 0.25) is 0 Å². The Kier molecular flexibility index (Phi) is 6.21. The predicted octanol–water partition coefficient (Wildman–Crippen LogP) is 4.96. The SMILES string of the molecule is C.CCC1CCN(C(C)(C)C(C)(C)CC)CC1. The van der Waals surface area contributed by atoms with Gasteiger partial charge >= 0.3 is 0 Å². The van der Waals surface area contributed by atoms with Crippen molar-refractivity contribution in [2.45, 2.75) is 80.2 Å². The van der Waals surface area contributed by atoms with Crippen LogP contribution in [0.3, 0.4) is 0 Å². The highest BCUT2D eigenvalue weighted by Gasteiger charge is 2.41. The van der Waals surface area contributed by atoms with E-state index in [1.54, 1.807) is 0 Å². The third-order valence-electron chi connectivity index (χ3n) is 5.52. The molecule has 1 heteroatoms. The largest absolute Gasteiger partial charge is 0.298 e. The standard InChI is InChI=1S/C15H31N.CH4/c1-7-13-9-11-16(12-10-13)15(5,6)14(3,4)8-2;/h13H,7-12H2,1-6H3;1H4. The molecule has 0 aromatic carbocycles. The molecule has 1 aliphatic heterocycles. The molecular formula is C16H35N. The fourth-order valence-electron chi connectivity index (χ4n) is 2.76. The summed E-state index contributed by atoms with van der Waals surface area (Å²) in [7, 11) is 0. The Bertz CT molecular complexity index is 210. The van der Waals surface area contributed by atoms with Crippen molar-refractivity contribution in [3.05, 3.63) is 0 Å². The molecule has 0 bridgehead atoms. The normalized spacial score (nSPS) is 20.1. The van der Waals surface area contributed by atoms with Gasteiger partial charge in [-0.25, -0.2) is 0 Å². The van der Waals surface area contributed by atoms with Gasteiger partial charge in [0.1, 0.15) is 0 Å². The maximum Gasteiger partial charge on any atom is 0.0204 e. The van der Waals surface area contributed by atoms with Crippen LogP contribution in [0.4, 0.5) is 0 Å². The van der Waals surface area contributed by atoms with E-state index < -0.39 is 0 Å². The summed E-state index contributed by atoms with van der Waals surface area (Å²) in [6.45, 7) is 17.0. The lowest BCUT2D eigenvalue weighted by Gasteiger charge is -2.51. The summed E-state index contributed by atoms with van der Waals surface area (Å²) in [6, 6.07) is 0. The zero-order valence-electron chi connectivity index (χ0n) is 12.3. The van der Waals surface area contributed by atoms with Gasteiger partial charge in [0.05, 0.1) is 0 Å². The minimum absolute atomic E-state index is 0. The van der Waals surface area contributed by atoms with E-state index in [2.05, 4.69) is 46.4 Å². The van der Waals surface area contributed by atoms with Crippen LogP contribution < -0.4 is 0 Å². The quantitative estimate of drug-likeness (QED) is 0.672. The van der Waals surface area contributed by atoms with Crippen LogP contribution >= 0.6 is 0 Å². The summed E-state index contributed by atoms with van der Waals surface area (Å²) >= 11 is 0. The van der Waals surface area contributed by atoms with Crippen molar-refractivity contribution >= 4 is 0 Å². The molecular weight excluding hydrogens is 206 g/mol. The Hall–Kier alpha value is -0.0400. The molecule has 1 rings (SSSR count). The molecule has 1 heterocycles. The van der Waals surface area contributed by atoms with Crippen molar-refractivity contribution < 1.29 is 0 Å². The van der Waals surface area contributed by atoms with Gasteiger partial charge in [0.2, 0.25) is 0 Å². The van der Waals surface area contributed by atoms with Crippen molar-refractivity contribution in [1.82, 2.24) is 4.90 Å². The molecule has 1 nitrogen and oxygen atoms in total. The van der Waals surface area contributed by atoms with E-state index in [4.69, 9.17) is 0 Å². The number of rotatable bonds is 4. The number of hydrogen-bond acceptors (Lipinski definition) is 1. The third-order valence-corrected chi connectivity index (χ3v) is 5.52. The summed E-state index contributed by atoms with van der Waals surface area (Å²) < 4.78 is 0. The highest BCUT2D eigenvalue weighted by atomic mass is 15.2. The lowest BCUT2D eigenvalue weighted by atomic mass is 9.70. The molecule has 1 aliphatic rings. The molecule has 0 amide bonds. The summed E-state index contributed by atoms with van der Waals surface area (Å²) in [5, 5.41) is 0. The van der Waals surface area contributed by atoms with Gasteiger partial charge in [-0.15, -0.1) is 0 Å². The van der Waals surface area contributed by atoms with E-state index in [1.165, 1.54) is 38.8 Å². The Morgan fingerprint density at radius 1 is 1.00 bits per heavy atom. The maximum atomic E-state index is 2.72. The first-order valence-electron chi connectivity index (χ1n) is 7.10. The van der Waals surface area contributed by atoms with Gasteiger partial charge < -0.3 is 0 Å². The zero-order valence-corrected chi connectivity index (χ0v) is 12.3. The Morgan fingerprint density at radius 2 is 1.47 bits per heavy atom. The van der Waals surface area contributed by atoms with Gasteiger partial charge in [-0.05, 0) is 57.5 Å². The average molecular weight is 241 g/mol. The van der Waals surface area contributed by atoms with Gasteiger partial charge in [0.15, 0.2) is 0 Å². The summed E-state index contributed by atoms with van der Waals surface area (Å²) in [5.41, 5.74) is 0.743. The first kappa shape index (κ1) is 17.0. The average Bonchev–Trinajstić information content (AvgIpc) is 2.29. The molecule has 1 fully saturated rings. The van der Waals surface area contributed by atoms with Crippen molar-refractivity contribution in [2.75, 3.05) is 13.1 Å². The second-order valence-corrected chi connectivity index (χ2v) is 6.64. The molecule has 0 aromatic heterocycles. The van der Waals surface area contributed by atoms with Gasteiger partial charge in [-0.1, -0.05) is 41.5 Å². The van der Waals surface area contributed by atoms with Gasteiger partial charge in [-0.3, -0.25) is 4.90 Å². The van der Waals surface area contributed by atoms with Crippen molar-refractivity contribution in [2.24, 2.45) is 11.3 Å². The van der Waals surface area contributed by atoms with E-state index in [0.29, 0.717) is 11.0 Å². The molecule has 104 valence electrons. The minimum Gasteiger partial charge on any atom is -0.298 e. The second-order valence-electron chi connectivity index (χ2n) is 6.64. The Balaban J connectivity index is 0.00000256. The predicted molar refractivity (Wildman–Crippen MR) is 79.5 cm³/mol. The number of likely N-dealkylation sites (tertiary alicyclic amines) is 1. The molecule has 0 radical (unpaired) electrons. The molecule has 0 N–H and O–H groups in total. The van der Waals surface area contributed by atoms with E-state index in [-0.39, 0.29) is 7.43 Å². The van der Waals surface area contributed by atoms with Gasteiger partial charge in [0, 0.05) is 5.54 Å². The second kappa shape index (κ2) is 6.22. The molecule has 0 unspecified atom stereocenters. The number of hydrogen-bond donors (Lipinski definition) is 0. The summed E-state index contributed by atoms with van der Waals surface area (Å²) in [5.74, 6) is 0.983. The Labute approximate surface area is 110 Å². The zero-order chi connectivity index (χ0) is 12.4. The third kappa shape index (κ3) is 3.47. The smallest absolute Gasteiger partial charge is 0.0204 e. The fourth-order valence-corrected chi connectivity index (χ4v) is 2.76. The topological polar surface area (TPSA) is 3.24 Å². The van der Waals surface area contributed by atoms with Crippen LogP contribution in [0.1, 0.15) is 74.7 Å². The fraction of sp³-hybridized carbons (Fsp3) is 1.00. The highest BCUT2D eigenvalue weighted by molar-refractivity contribution is 4.95. The lowest BCUT2D eigenvalue weighted by Crippen LogP contribution is -2.56. The molecule has 0 atom stereocenters. The molecule has 0 saturated carbocycles. The van der Waals surface area contributed by atoms with E-state index in [9.17, 15) is 0 Å². The minimum atomic E-state index is 0. The molecule has 0 aliphatic carbocycles. The van der Waals surface area contributed by atoms with Crippen molar-refractivity contribution in [3.63, 3.8) is 0 Å². The van der Waals surface area contributed by atoms with Crippen molar-refractivity contribution in [1.29, 1.82) is 0 Å². The molecule has 0 aromatic rings. The monoisotopic (exact) mass is 241 g/mol. The van der Waals surface area contributed by atoms with Gasteiger partial charge in [0.25, 0.3) is 0 Å². The number of piperidine rings is 1. The molecule has 0 spiro atoms.